The Balaban J connectivity index is 1.93. The van der Waals surface area contributed by atoms with Crippen molar-refractivity contribution in [3.63, 3.8) is 0 Å². The number of H-pyrrole nitrogens is 1. The van der Waals surface area contributed by atoms with Crippen molar-refractivity contribution in [2.24, 2.45) is 0 Å². The van der Waals surface area contributed by atoms with Crippen LogP contribution in [0.2, 0.25) is 0 Å². The van der Waals surface area contributed by atoms with Crippen LogP contribution in [0.25, 0.3) is 0 Å². The van der Waals surface area contributed by atoms with Crippen LogP contribution in [0.5, 0.6) is 0 Å². The molecule has 1 aliphatic rings. The number of unbranched alkanes of at least 4 members (excludes halogenated alkanes) is 6. The lowest BCUT2D eigenvalue weighted by Gasteiger charge is -2.29. The van der Waals surface area contributed by atoms with E-state index < -0.39 is 55.7 Å². The summed E-state index contributed by atoms with van der Waals surface area (Å²) in [5, 5.41) is 0.219. The van der Waals surface area contributed by atoms with E-state index in [2.05, 4.69) is 18.8 Å². The first-order valence-corrected chi connectivity index (χ1v) is 17.0. The summed E-state index contributed by atoms with van der Waals surface area (Å²) in [7, 11) is -4.60. The standard InChI is InChI=1S/C27H48FN2O8PS/c1-6-9-10-11-12-13-14-15-21(7-2)40-26(20(5)35-8-3)38-39(33,34)36-18-23-22(28)16-24(37-23)30-17-19(4)25(31)29-27(30)32/h17,20-24,26H,6-16,18H2,1-5H3,(H,33,34)(H,29,31,32)/t20?,21?,22-,23+,24+,26?/m0/s1. The van der Waals surface area contributed by atoms with Crippen LogP contribution in [-0.4, -0.2) is 56.7 Å². The predicted molar refractivity (Wildman–Crippen MR) is 156 cm³/mol. The minimum Gasteiger partial charge on any atom is -0.375 e. The van der Waals surface area contributed by atoms with E-state index in [1.807, 2.05) is 6.92 Å². The molecule has 4 unspecified atom stereocenters. The molecule has 0 amide bonds. The van der Waals surface area contributed by atoms with Gasteiger partial charge in [0.25, 0.3) is 5.56 Å². The van der Waals surface area contributed by atoms with Gasteiger partial charge in [-0.1, -0.05) is 58.8 Å². The zero-order valence-corrected chi connectivity index (χ0v) is 26.2. The highest BCUT2D eigenvalue weighted by molar-refractivity contribution is 8.00. The summed E-state index contributed by atoms with van der Waals surface area (Å²) in [6.07, 6.45) is 7.26. The molecule has 1 aromatic heterocycles. The van der Waals surface area contributed by atoms with Crippen LogP contribution in [0.3, 0.4) is 0 Å². The molecule has 0 spiro atoms. The van der Waals surface area contributed by atoms with Gasteiger partial charge >= 0.3 is 13.5 Å². The Kier molecular flexibility index (Phi) is 15.7. The third kappa shape index (κ3) is 11.7. The van der Waals surface area contributed by atoms with E-state index in [1.54, 1.807) is 6.92 Å². The first-order chi connectivity index (χ1) is 19.0. The molecular weight excluding hydrogens is 562 g/mol. The lowest BCUT2D eigenvalue weighted by molar-refractivity contribution is -0.0407. The molecule has 7 atom stereocenters. The molecule has 0 bridgehead atoms. The number of rotatable bonds is 20. The fourth-order valence-electron chi connectivity index (χ4n) is 4.59. The molecular formula is C27H48FN2O8PS. The van der Waals surface area contributed by atoms with Gasteiger partial charge in [-0.05, 0) is 33.6 Å². The minimum atomic E-state index is -4.60. The molecule has 1 saturated heterocycles. The van der Waals surface area contributed by atoms with Crippen LogP contribution in [-0.2, 0) is 23.1 Å². The summed E-state index contributed by atoms with van der Waals surface area (Å²) < 4.78 is 50.8. The molecule has 0 saturated carbocycles. The van der Waals surface area contributed by atoms with Gasteiger partial charge in [0.05, 0.1) is 12.7 Å². The maximum absolute atomic E-state index is 14.7. The highest BCUT2D eigenvalue weighted by Gasteiger charge is 2.40. The normalized spacial score (nSPS) is 23.1. The Morgan fingerprint density at radius 1 is 1.20 bits per heavy atom. The van der Waals surface area contributed by atoms with Crippen LogP contribution in [0.4, 0.5) is 4.39 Å². The Hall–Kier alpha value is -1.01. The summed E-state index contributed by atoms with van der Waals surface area (Å²) in [5.41, 5.74) is -1.74. The van der Waals surface area contributed by atoms with Crippen molar-refractivity contribution in [2.75, 3.05) is 13.2 Å². The fourth-order valence-corrected chi connectivity index (χ4v) is 7.12. The second-order valence-electron chi connectivity index (χ2n) is 10.3. The van der Waals surface area contributed by atoms with Crippen LogP contribution < -0.4 is 11.2 Å². The summed E-state index contributed by atoms with van der Waals surface area (Å²) in [6, 6.07) is 0. The molecule has 2 rings (SSSR count). The van der Waals surface area contributed by atoms with E-state index in [4.69, 9.17) is 18.5 Å². The van der Waals surface area contributed by atoms with Crippen molar-refractivity contribution in [1.82, 2.24) is 9.55 Å². The molecule has 40 heavy (non-hydrogen) atoms. The van der Waals surface area contributed by atoms with Gasteiger partial charge in [0.1, 0.15) is 23.9 Å². The smallest absolute Gasteiger partial charge is 0.375 e. The first-order valence-electron chi connectivity index (χ1n) is 14.6. The van der Waals surface area contributed by atoms with Gasteiger partial charge < -0.3 is 14.4 Å². The number of aromatic nitrogens is 2. The maximum Gasteiger partial charge on any atom is 0.473 e. The zero-order chi connectivity index (χ0) is 29.7. The van der Waals surface area contributed by atoms with Gasteiger partial charge in [-0.25, -0.2) is 13.8 Å². The summed E-state index contributed by atoms with van der Waals surface area (Å²) >= 11 is 1.47. The molecule has 1 aromatic rings. The number of alkyl halides is 1. The van der Waals surface area contributed by atoms with Gasteiger partial charge in [0, 0.05) is 30.0 Å². The zero-order valence-electron chi connectivity index (χ0n) is 24.5. The number of hydrogen-bond donors (Lipinski definition) is 2. The maximum atomic E-state index is 14.7. The molecule has 10 nitrogen and oxygen atoms in total. The lowest BCUT2D eigenvalue weighted by atomic mass is 10.1. The van der Waals surface area contributed by atoms with Crippen molar-refractivity contribution in [2.45, 2.75) is 134 Å². The predicted octanol–water partition coefficient (Wildman–Crippen LogP) is 6.01. The van der Waals surface area contributed by atoms with E-state index in [9.17, 15) is 23.4 Å². The number of nitrogens with zero attached hydrogens (tertiary/aromatic N) is 1. The quantitative estimate of drug-likeness (QED) is 0.104. The molecule has 2 heterocycles. The van der Waals surface area contributed by atoms with E-state index in [0.717, 1.165) is 30.3 Å². The van der Waals surface area contributed by atoms with Crippen LogP contribution in [0.1, 0.15) is 104 Å². The van der Waals surface area contributed by atoms with Crippen LogP contribution >= 0.6 is 19.6 Å². The SMILES string of the molecule is CCCCCCCCCC(CC)SC(OP(=O)(O)OC[C@H]1O[C@@H](n2cc(C)c(=O)[nH]c2=O)C[C@@H]1F)C(C)OCC. The molecule has 1 aliphatic heterocycles. The number of aryl methyl sites for hydroxylation is 1. The van der Waals surface area contributed by atoms with Gasteiger partial charge in [-0.15, -0.1) is 11.8 Å². The Labute approximate surface area is 241 Å². The summed E-state index contributed by atoms with van der Waals surface area (Å²) in [5.74, 6) is 0. The Bertz CT molecular complexity index is 1040. The number of halogens is 1. The average Bonchev–Trinajstić information content (AvgIpc) is 3.27. The van der Waals surface area contributed by atoms with Crippen molar-refractivity contribution < 1.29 is 32.4 Å². The number of ether oxygens (including phenoxy) is 2. The lowest BCUT2D eigenvalue weighted by Crippen LogP contribution is -2.33. The second kappa shape index (κ2) is 17.8. The molecule has 0 aliphatic carbocycles. The molecule has 0 aromatic carbocycles. The number of nitrogens with one attached hydrogen (secondary N) is 1. The molecule has 0 radical (unpaired) electrons. The molecule has 2 N–H and O–H groups in total. The van der Waals surface area contributed by atoms with Crippen molar-refractivity contribution in [1.29, 1.82) is 0 Å². The largest absolute Gasteiger partial charge is 0.473 e. The van der Waals surface area contributed by atoms with Crippen LogP contribution in [0.15, 0.2) is 15.8 Å². The van der Waals surface area contributed by atoms with E-state index in [-0.39, 0.29) is 17.2 Å². The fraction of sp³-hybridized carbons (Fsp3) is 0.852. The van der Waals surface area contributed by atoms with E-state index >= 15 is 0 Å². The summed E-state index contributed by atoms with van der Waals surface area (Å²) in [4.78, 5) is 36.5. The third-order valence-electron chi connectivity index (χ3n) is 6.98. The van der Waals surface area contributed by atoms with Crippen LogP contribution in [0, 0.1) is 6.92 Å². The monoisotopic (exact) mass is 610 g/mol. The number of phosphoric acid groups is 1. The van der Waals surface area contributed by atoms with E-state index in [1.165, 1.54) is 57.0 Å². The van der Waals surface area contributed by atoms with Gasteiger partial charge in [0.2, 0.25) is 0 Å². The topological polar surface area (TPSA) is 129 Å². The number of phosphoric ester groups is 1. The molecule has 232 valence electrons. The van der Waals surface area contributed by atoms with Crippen molar-refractivity contribution in [3.8, 4) is 0 Å². The molecule has 13 heteroatoms. The second-order valence-corrected chi connectivity index (χ2v) is 13.1. The number of hydrogen-bond acceptors (Lipinski definition) is 8. The third-order valence-corrected chi connectivity index (χ3v) is 9.79. The van der Waals surface area contributed by atoms with Crippen molar-refractivity contribution >= 4 is 19.6 Å². The van der Waals surface area contributed by atoms with Gasteiger partial charge in [0.15, 0.2) is 0 Å². The minimum absolute atomic E-state index is 0.174. The Morgan fingerprint density at radius 2 is 1.88 bits per heavy atom. The first kappa shape index (κ1) is 35.2. The average molecular weight is 611 g/mol. The highest BCUT2D eigenvalue weighted by atomic mass is 32.2. The number of aromatic amines is 1. The summed E-state index contributed by atoms with van der Waals surface area (Å²) in [6.45, 7) is 9.31. The Morgan fingerprint density at radius 3 is 2.52 bits per heavy atom. The van der Waals surface area contributed by atoms with Gasteiger partial charge in [-0.3, -0.25) is 23.4 Å². The highest BCUT2D eigenvalue weighted by Crippen LogP contribution is 2.49. The van der Waals surface area contributed by atoms with Crippen molar-refractivity contribution in [3.05, 3.63) is 32.6 Å². The van der Waals surface area contributed by atoms with Gasteiger partial charge in [-0.2, -0.15) is 0 Å². The number of thioether (sulfide) groups is 1. The molecule has 1 fully saturated rings. The van der Waals surface area contributed by atoms with E-state index in [0.29, 0.717) is 6.61 Å².